The van der Waals surface area contributed by atoms with Gasteiger partial charge in [-0.2, -0.15) is 0 Å². The van der Waals surface area contributed by atoms with Crippen LogP contribution in [0.5, 0.6) is 0 Å². The molecule has 0 amide bonds. The lowest BCUT2D eigenvalue weighted by atomic mass is 10.0. The van der Waals surface area contributed by atoms with Gasteiger partial charge in [0.05, 0.1) is 6.10 Å². The standard InChI is InChI=1S/C17H20N2O/c20-16(13-8-10-18-11-9-13)12-19-17(15-6-7-15)14-4-2-1-3-5-14/h1-5,8-11,15-17,19-20H,6-7,12H2. The molecule has 0 radical (unpaired) electrons. The molecule has 1 heterocycles. The van der Waals surface area contributed by atoms with Crippen LogP contribution in [0.4, 0.5) is 0 Å². The minimum atomic E-state index is -0.483. The highest BCUT2D eigenvalue weighted by Gasteiger charge is 2.32. The molecule has 1 aromatic heterocycles. The van der Waals surface area contributed by atoms with Crippen LogP contribution in [0.1, 0.15) is 36.1 Å². The van der Waals surface area contributed by atoms with Crippen molar-refractivity contribution < 1.29 is 5.11 Å². The highest BCUT2D eigenvalue weighted by atomic mass is 16.3. The number of aromatic nitrogens is 1. The van der Waals surface area contributed by atoms with Crippen LogP contribution in [-0.4, -0.2) is 16.6 Å². The number of pyridine rings is 1. The molecule has 3 rings (SSSR count). The van der Waals surface area contributed by atoms with Gasteiger partial charge < -0.3 is 10.4 Å². The Kier molecular flexibility index (Phi) is 4.09. The molecule has 0 bridgehead atoms. The van der Waals surface area contributed by atoms with Crippen molar-refractivity contribution >= 4 is 0 Å². The molecule has 2 unspecified atom stereocenters. The average Bonchev–Trinajstić information content (AvgIpc) is 3.34. The molecule has 3 heteroatoms. The Labute approximate surface area is 119 Å². The fourth-order valence-electron chi connectivity index (χ4n) is 2.59. The summed E-state index contributed by atoms with van der Waals surface area (Å²) in [7, 11) is 0. The van der Waals surface area contributed by atoms with Gasteiger partial charge in [-0.1, -0.05) is 30.3 Å². The van der Waals surface area contributed by atoms with E-state index in [1.54, 1.807) is 12.4 Å². The topological polar surface area (TPSA) is 45.1 Å². The van der Waals surface area contributed by atoms with Gasteiger partial charge in [-0.05, 0) is 42.0 Å². The maximum atomic E-state index is 10.2. The summed E-state index contributed by atoms with van der Waals surface area (Å²) in [5, 5.41) is 13.8. The van der Waals surface area contributed by atoms with Crippen LogP contribution < -0.4 is 5.32 Å². The first kappa shape index (κ1) is 13.3. The average molecular weight is 268 g/mol. The summed E-state index contributed by atoms with van der Waals surface area (Å²) in [5.41, 5.74) is 2.23. The lowest BCUT2D eigenvalue weighted by Gasteiger charge is -2.21. The predicted octanol–water partition coefficient (Wildman–Crippen LogP) is 2.86. The van der Waals surface area contributed by atoms with Crippen molar-refractivity contribution in [2.75, 3.05) is 6.54 Å². The van der Waals surface area contributed by atoms with Gasteiger partial charge in [-0.15, -0.1) is 0 Å². The summed E-state index contributed by atoms with van der Waals surface area (Å²) in [5.74, 6) is 0.710. The number of hydrogen-bond donors (Lipinski definition) is 2. The van der Waals surface area contributed by atoms with Crippen LogP contribution in [0.25, 0.3) is 0 Å². The molecular weight excluding hydrogens is 248 g/mol. The van der Waals surface area contributed by atoms with E-state index in [1.165, 1.54) is 18.4 Å². The number of nitrogens with one attached hydrogen (secondary N) is 1. The Morgan fingerprint density at radius 2 is 1.75 bits per heavy atom. The minimum Gasteiger partial charge on any atom is -0.387 e. The zero-order valence-corrected chi connectivity index (χ0v) is 11.4. The van der Waals surface area contributed by atoms with Crippen molar-refractivity contribution in [3.63, 3.8) is 0 Å². The molecule has 104 valence electrons. The Balaban J connectivity index is 1.63. The largest absolute Gasteiger partial charge is 0.387 e. The summed E-state index contributed by atoms with van der Waals surface area (Å²) in [6, 6.07) is 14.6. The molecule has 0 saturated heterocycles. The van der Waals surface area contributed by atoms with Crippen LogP contribution >= 0.6 is 0 Å². The molecule has 2 N–H and O–H groups in total. The zero-order valence-electron chi connectivity index (χ0n) is 11.4. The van der Waals surface area contributed by atoms with Crippen LogP contribution in [0.2, 0.25) is 0 Å². The summed E-state index contributed by atoms with van der Waals surface area (Å²) in [6.45, 7) is 0.570. The maximum Gasteiger partial charge on any atom is 0.0915 e. The van der Waals surface area contributed by atoms with Gasteiger partial charge in [-0.3, -0.25) is 4.98 Å². The van der Waals surface area contributed by atoms with Crippen molar-refractivity contribution in [1.29, 1.82) is 0 Å². The Morgan fingerprint density at radius 3 is 2.40 bits per heavy atom. The van der Waals surface area contributed by atoms with E-state index in [4.69, 9.17) is 0 Å². The summed E-state index contributed by atoms with van der Waals surface area (Å²) in [6.07, 6.45) is 5.50. The molecule has 3 nitrogen and oxygen atoms in total. The number of nitrogens with zero attached hydrogens (tertiary/aromatic N) is 1. The van der Waals surface area contributed by atoms with Crippen molar-refractivity contribution in [2.24, 2.45) is 5.92 Å². The second kappa shape index (κ2) is 6.16. The molecule has 1 aliphatic carbocycles. The smallest absolute Gasteiger partial charge is 0.0915 e. The molecule has 1 fully saturated rings. The highest BCUT2D eigenvalue weighted by Crippen LogP contribution is 2.41. The van der Waals surface area contributed by atoms with E-state index in [0.29, 0.717) is 18.5 Å². The zero-order chi connectivity index (χ0) is 13.8. The van der Waals surface area contributed by atoms with Crippen LogP contribution in [0, 0.1) is 5.92 Å². The normalized spacial score (nSPS) is 17.6. The molecule has 1 saturated carbocycles. The van der Waals surface area contributed by atoms with Crippen molar-refractivity contribution in [2.45, 2.75) is 25.0 Å². The number of rotatable bonds is 6. The lowest BCUT2D eigenvalue weighted by molar-refractivity contribution is 0.168. The Bertz CT molecular complexity index is 525. The second-order valence-electron chi connectivity index (χ2n) is 5.43. The van der Waals surface area contributed by atoms with E-state index in [-0.39, 0.29) is 0 Å². The lowest BCUT2D eigenvalue weighted by Crippen LogP contribution is -2.27. The fourth-order valence-corrected chi connectivity index (χ4v) is 2.59. The van der Waals surface area contributed by atoms with E-state index in [2.05, 4.69) is 34.6 Å². The molecule has 1 aromatic carbocycles. The van der Waals surface area contributed by atoms with E-state index in [1.807, 2.05) is 18.2 Å². The van der Waals surface area contributed by atoms with Gasteiger partial charge in [0, 0.05) is 25.0 Å². The molecule has 2 aromatic rings. The minimum absolute atomic E-state index is 0.354. The monoisotopic (exact) mass is 268 g/mol. The summed E-state index contributed by atoms with van der Waals surface area (Å²) < 4.78 is 0. The van der Waals surface area contributed by atoms with Gasteiger partial charge in [0.25, 0.3) is 0 Å². The van der Waals surface area contributed by atoms with E-state index >= 15 is 0 Å². The summed E-state index contributed by atoms with van der Waals surface area (Å²) in [4.78, 5) is 3.98. The van der Waals surface area contributed by atoms with Gasteiger partial charge >= 0.3 is 0 Å². The number of aliphatic hydroxyl groups excluding tert-OH is 1. The van der Waals surface area contributed by atoms with Crippen LogP contribution in [0.3, 0.4) is 0 Å². The van der Waals surface area contributed by atoms with Crippen LogP contribution in [0.15, 0.2) is 54.9 Å². The van der Waals surface area contributed by atoms with Gasteiger partial charge in [0.15, 0.2) is 0 Å². The van der Waals surface area contributed by atoms with Crippen molar-refractivity contribution in [3.8, 4) is 0 Å². The number of benzene rings is 1. The molecule has 0 aliphatic heterocycles. The number of hydrogen-bond acceptors (Lipinski definition) is 3. The van der Waals surface area contributed by atoms with Gasteiger partial charge in [-0.25, -0.2) is 0 Å². The van der Waals surface area contributed by atoms with E-state index in [9.17, 15) is 5.11 Å². The molecular formula is C17H20N2O. The van der Waals surface area contributed by atoms with E-state index < -0.39 is 6.10 Å². The molecule has 20 heavy (non-hydrogen) atoms. The van der Waals surface area contributed by atoms with Gasteiger partial charge in [0.1, 0.15) is 0 Å². The quantitative estimate of drug-likeness (QED) is 0.846. The predicted molar refractivity (Wildman–Crippen MR) is 79.1 cm³/mol. The first-order chi connectivity index (χ1) is 9.84. The fraction of sp³-hybridized carbons (Fsp3) is 0.353. The van der Waals surface area contributed by atoms with E-state index in [0.717, 1.165) is 5.56 Å². The molecule has 0 spiro atoms. The molecule has 2 atom stereocenters. The van der Waals surface area contributed by atoms with Crippen molar-refractivity contribution in [3.05, 3.63) is 66.0 Å². The van der Waals surface area contributed by atoms with Gasteiger partial charge in [0.2, 0.25) is 0 Å². The second-order valence-corrected chi connectivity index (χ2v) is 5.43. The first-order valence-electron chi connectivity index (χ1n) is 7.21. The highest BCUT2D eigenvalue weighted by molar-refractivity contribution is 5.21. The molecule has 1 aliphatic rings. The Hall–Kier alpha value is -1.71. The van der Waals surface area contributed by atoms with Crippen molar-refractivity contribution in [1.82, 2.24) is 10.3 Å². The third kappa shape index (κ3) is 3.24. The Morgan fingerprint density at radius 1 is 1.05 bits per heavy atom. The SMILES string of the molecule is OC(CNC(c1ccccc1)C1CC1)c1ccncc1. The summed E-state index contributed by atoms with van der Waals surface area (Å²) >= 11 is 0. The third-order valence-electron chi connectivity index (χ3n) is 3.87. The first-order valence-corrected chi connectivity index (χ1v) is 7.21. The van der Waals surface area contributed by atoms with Crippen LogP contribution in [-0.2, 0) is 0 Å². The third-order valence-corrected chi connectivity index (χ3v) is 3.87. The maximum absolute atomic E-state index is 10.2. The number of aliphatic hydroxyl groups is 1.